The smallest absolute Gasteiger partial charge is 0.320 e. The maximum atomic E-state index is 12.5. The van der Waals surface area contributed by atoms with Gasteiger partial charge in [0.1, 0.15) is 5.41 Å². The van der Waals surface area contributed by atoms with E-state index in [2.05, 4.69) is 6.08 Å². The Kier molecular flexibility index (Phi) is 2.88. The molecule has 5 heteroatoms. The van der Waals surface area contributed by atoms with Crippen molar-refractivity contribution >= 4 is 11.8 Å². The lowest BCUT2D eigenvalue weighted by atomic mass is 9.56. The Labute approximate surface area is 117 Å². The molecule has 0 radical (unpaired) electrons. The van der Waals surface area contributed by atoms with Gasteiger partial charge < -0.3 is 14.2 Å². The van der Waals surface area contributed by atoms with Gasteiger partial charge in [-0.1, -0.05) is 11.6 Å². The topological polar surface area (TPSA) is 61.8 Å². The second-order valence-corrected chi connectivity index (χ2v) is 5.73. The van der Waals surface area contributed by atoms with Gasteiger partial charge in [0.15, 0.2) is 11.6 Å². The standard InChI is InChI=1S/C15H18O5/c1-9-6-10-8-20-15(19-3)5-4-11(16)14(7-9,12(10)15)13(17)18-2/h4-6,10,12H,7-8H2,1-3H3/t10-,12-,14+,15+/m1/s1. The van der Waals surface area contributed by atoms with E-state index in [1.54, 1.807) is 6.08 Å². The van der Waals surface area contributed by atoms with Gasteiger partial charge in [-0.25, -0.2) is 0 Å². The molecule has 1 fully saturated rings. The monoisotopic (exact) mass is 278 g/mol. The minimum absolute atomic E-state index is 0.0169. The van der Waals surface area contributed by atoms with E-state index in [4.69, 9.17) is 14.2 Å². The zero-order valence-corrected chi connectivity index (χ0v) is 11.8. The Morgan fingerprint density at radius 3 is 2.85 bits per heavy atom. The Morgan fingerprint density at radius 2 is 2.20 bits per heavy atom. The molecule has 0 bridgehead atoms. The van der Waals surface area contributed by atoms with Crippen molar-refractivity contribution in [3.05, 3.63) is 23.8 Å². The number of allylic oxidation sites excluding steroid dienone is 2. The molecule has 0 saturated carbocycles. The van der Waals surface area contributed by atoms with Crippen molar-refractivity contribution in [2.45, 2.75) is 19.1 Å². The quantitative estimate of drug-likeness (QED) is 0.432. The lowest BCUT2D eigenvalue weighted by Gasteiger charge is -2.47. The lowest BCUT2D eigenvalue weighted by Crippen LogP contribution is -2.59. The van der Waals surface area contributed by atoms with Crippen LogP contribution in [0.15, 0.2) is 23.8 Å². The number of methoxy groups -OCH3 is 2. The zero-order chi connectivity index (χ0) is 14.5. The Morgan fingerprint density at radius 1 is 1.45 bits per heavy atom. The molecule has 4 atom stereocenters. The predicted molar refractivity (Wildman–Crippen MR) is 69.6 cm³/mol. The van der Waals surface area contributed by atoms with Gasteiger partial charge in [-0.15, -0.1) is 0 Å². The summed E-state index contributed by atoms with van der Waals surface area (Å²) in [5.41, 5.74) is -0.213. The van der Waals surface area contributed by atoms with Crippen LogP contribution in [0, 0.1) is 17.3 Å². The number of carbonyl (C=O) groups excluding carboxylic acids is 2. The second kappa shape index (κ2) is 4.27. The highest BCUT2D eigenvalue weighted by Gasteiger charge is 2.68. The first kappa shape index (κ1) is 13.5. The molecule has 0 amide bonds. The first-order valence-corrected chi connectivity index (χ1v) is 6.68. The van der Waals surface area contributed by atoms with Crippen molar-refractivity contribution < 1.29 is 23.8 Å². The summed E-state index contributed by atoms with van der Waals surface area (Å²) in [7, 11) is 2.85. The van der Waals surface area contributed by atoms with Crippen molar-refractivity contribution in [3.63, 3.8) is 0 Å². The minimum Gasteiger partial charge on any atom is -0.468 e. The molecule has 0 aromatic rings. The van der Waals surface area contributed by atoms with Gasteiger partial charge >= 0.3 is 5.97 Å². The Hall–Kier alpha value is -1.46. The number of rotatable bonds is 2. The van der Waals surface area contributed by atoms with E-state index < -0.39 is 17.2 Å². The Balaban J connectivity index is 2.23. The van der Waals surface area contributed by atoms with Gasteiger partial charge in [-0.3, -0.25) is 9.59 Å². The number of hydrogen-bond donors (Lipinski definition) is 0. The molecule has 5 nitrogen and oxygen atoms in total. The molecule has 108 valence electrons. The van der Waals surface area contributed by atoms with Gasteiger partial charge in [0, 0.05) is 18.9 Å². The highest BCUT2D eigenvalue weighted by atomic mass is 16.7. The first-order valence-electron chi connectivity index (χ1n) is 6.68. The van der Waals surface area contributed by atoms with Crippen LogP contribution in [0.3, 0.4) is 0 Å². The molecule has 0 spiro atoms. The van der Waals surface area contributed by atoms with Crippen LogP contribution in [0.1, 0.15) is 13.3 Å². The molecule has 0 aromatic heterocycles. The largest absolute Gasteiger partial charge is 0.468 e. The lowest BCUT2D eigenvalue weighted by molar-refractivity contribution is -0.212. The van der Waals surface area contributed by atoms with Crippen molar-refractivity contribution in [1.82, 2.24) is 0 Å². The van der Waals surface area contributed by atoms with E-state index in [1.807, 2.05) is 6.92 Å². The summed E-state index contributed by atoms with van der Waals surface area (Å²) in [4.78, 5) is 25.0. The van der Waals surface area contributed by atoms with Gasteiger partial charge in [-0.2, -0.15) is 0 Å². The van der Waals surface area contributed by atoms with E-state index in [0.29, 0.717) is 13.0 Å². The van der Waals surface area contributed by atoms with E-state index in [-0.39, 0.29) is 17.6 Å². The molecular weight excluding hydrogens is 260 g/mol. The van der Waals surface area contributed by atoms with Crippen LogP contribution >= 0.6 is 0 Å². The maximum Gasteiger partial charge on any atom is 0.320 e. The van der Waals surface area contributed by atoms with Crippen molar-refractivity contribution in [2.75, 3.05) is 20.8 Å². The third-order valence-electron chi connectivity index (χ3n) is 4.73. The summed E-state index contributed by atoms with van der Waals surface area (Å²) in [5.74, 6) is -2.11. The fourth-order valence-corrected chi connectivity index (χ4v) is 4.01. The van der Waals surface area contributed by atoms with Gasteiger partial charge in [0.2, 0.25) is 0 Å². The van der Waals surface area contributed by atoms with Crippen LogP contribution in [0.25, 0.3) is 0 Å². The molecule has 1 aliphatic heterocycles. The average Bonchev–Trinajstić information content (AvgIpc) is 2.82. The fraction of sp³-hybridized carbons (Fsp3) is 0.600. The molecule has 0 aromatic carbocycles. The molecule has 2 aliphatic carbocycles. The summed E-state index contributed by atoms with van der Waals surface area (Å²) in [6.45, 7) is 2.37. The third kappa shape index (κ3) is 1.45. The molecule has 1 saturated heterocycles. The van der Waals surface area contributed by atoms with Crippen molar-refractivity contribution in [3.8, 4) is 0 Å². The zero-order valence-electron chi connectivity index (χ0n) is 11.8. The first-order chi connectivity index (χ1) is 9.50. The van der Waals surface area contributed by atoms with E-state index >= 15 is 0 Å². The summed E-state index contributed by atoms with van der Waals surface area (Å²) in [5, 5.41) is 0. The van der Waals surface area contributed by atoms with Crippen molar-refractivity contribution in [2.24, 2.45) is 17.3 Å². The summed E-state index contributed by atoms with van der Waals surface area (Å²) >= 11 is 0. The molecule has 1 heterocycles. The van der Waals surface area contributed by atoms with E-state index in [0.717, 1.165) is 5.57 Å². The number of hydrogen-bond acceptors (Lipinski definition) is 5. The van der Waals surface area contributed by atoms with Gasteiger partial charge in [0.25, 0.3) is 0 Å². The van der Waals surface area contributed by atoms with E-state index in [9.17, 15) is 9.59 Å². The van der Waals surface area contributed by atoms with Crippen LogP contribution in [0.4, 0.5) is 0 Å². The average molecular weight is 278 g/mol. The van der Waals surface area contributed by atoms with Gasteiger partial charge in [-0.05, 0) is 25.5 Å². The minimum atomic E-state index is -1.22. The molecule has 3 aliphatic rings. The van der Waals surface area contributed by atoms with Crippen LogP contribution in [0.2, 0.25) is 0 Å². The fourth-order valence-electron chi connectivity index (χ4n) is 4.01. The number of ether oxygens (including phenoxy) is 3. The Bertz CT molecular complexity index is 534. The molecule has 20 heavy (non-hydrogen) atoms. The van der Waals surface area contributed by atoms with Crippen molar-refractivity contribution in [1.29, 1.82) is 0 Å². The highest BCUT2D eigenvalue weighted by molar-refractivity contribution is 6.11. The van der Waals surface area contributed by atoms with E-state index in [1.165, 1.54) is 20.3 Å². The normalized spacial score (nSPS) is 42.1. The maximum absolute atomic E-state index is 12.5. The summed E-state index contributed by atoms with van der Waals surface area (Å²) in [6, 6.07) is 0. The van der Waals surface area contributed by atoms with Crippen LogP contribution < -0.4 is 0 Å². The summed E-state index contributed by atoms with van der Waals surface area (Å²) in [6.07, 6.45) is 5.48. The van der Waals surface area contributed by atoms with Gasteiger partial charge in [0.05, 0.1) is 13.7 Å². The molecular formula is C15H18O5. The molecule has 0 unspecified atom stereocenters. The highest BCUT2D eigenvalue weighted by Crippen LogP contribution is 2.57. The number of esters is 1. The summed E-state index contributed by atoms with van der Waals surface area (Å²) < 4.78 is 16.3. The van der Waals surface area contributed by atoms with Crippen LogP contribution in [-0.2, 0) is 23.8 Å². The predicted octanol–water partition coefficient (Wildman–Crippen LogP) is 1.24. The number of ketones is 1. The number of carbonyl (C=O) groups is 2. The molecule has 0 N–H and O–H groups in total. The SMILES string of the molecule is COC(=O)[C@@]12CC(C)=C[C@@H]3CO[C@@](OC)(C=CC1=O)[C@H]32. The molecule has 3 rings (SSSR count). The third-order valence-corrected chi connectivity index (χ3v) is 4.73. The van der Waals surface area contributed by atoms with Crippen LogP contribution in [0.5, 0.6) is 0 Å². The second-order valence-electron chi connectivity index (χ2n) is 5.73. The van der Waals surface area contributed by atoms with Crippen LogP contribution in [-0.4, -0.2) is 38.4 Å².